The molecule has 0 radical (unpaired) electrons. The van der Waals surface area contributed by atoms with Gasteiger partial charge in [-0.25, -0.2) is 0 Å². The molecule has 0 nitrogen and oxygen atoms in total. The third-order valence-electron chi connectivity index (χ3n) is 3.74. The van der Waals surface area contributed by atoms with Crippen LogP contribution in [0.3, 0.4) is 0 Å². The van der Waals surface area contributed by atoms with Crippen LogP contribution in [0.5, 0.6) is 0 Å². The van der Waals surface area contributed by atoms with Gasteiger partial charge >= 0.3 is 0 Å². The van der Waals surface area contributed by atoms with Gasteiger partial charge in [-0.05, 0) is 16.5 Å². The van der Waals surface area contributed by atoms with Gasteiger partial charge in [-0.15, -0.1) is 11.8 Å². The van der Waals surface area contributed by atoms with Gasteiger partial charge in [0.2, 0.25) is 0 Å². The molecule has 110 valence electrons. The summed E-state index contributed by atoms with van der Waals surface area (Å²) in [6.07, 6.45) is 3.55. The van der Waals surface area contributed by atoms with Crippen molar-refractivity contribution in [3.05, 3.63) is 76.8 Å². The van der Waals surface area contributed by atoms with Crippen molar-refractivity contribution in [3.63, 3.8) is 0 Å². The molecule has 0 atom stereocenters. The summed E-state index contributed by atoms with van der Waals surface area (Å²) in [6.45, 7) is 7.15. The van der Waals surface area contributed by atoms with Crippen molar-refractivity contribution in [2.24, 2.45) is 0 Å². The fraction of sp³-hybridized carbons (Fsp3) is 0.263. The highest BCUT2D eigenvalue weighted by atomic mass is 32.2. The Kier molecular flexibility index (Phi) is 5.89. The SMILES string of the molecule is CC/C=C(\SCc1ccccc1)[Si](C)(C)c1ccccc1. The van der Waals surface area contributed by atoms with Crippen molar-refractivity contribution in [2.75, 3.05) is 0 Å². The molecule has 2 heteroatoms. The lowest BCUT2D eigenvalue weighted by atomic mass is 10.2. The van der Waals surface area contributed by atoms with Crippen LogP contribution in [-0.2, 0) is 5.75 Å². The number of thioether (sulfide) groups is 1. The van der Waals surface area contributed by atoms with Crippen LogP contribution in [0.1, 0.15) is 18.9 Å². The first-order valence-corrected chi connectivity index (χ1v) is 11.6. The summed E-state index contributed by atoms with van der Waals surface area (Å²) in [6, 6.07) is 21.8. The number of allylic oxidation sites excluding steroid dienone is 1. The van der Waals surface area contributed by atoms with Gasteiger partial charge in [0.25, 0.3) is 0 Å². The molecule has 0 aliphatic rings. The summed E-state index contributed by atoms with van der Waals surface area (Å²) in [5.41, 5.74) is 1.40. The second-order valence-corrected chi connectivity index (χ2v) is 11.5. The van der Waals surface area contributed by atoms with Crippen molar-refractivity contribution >= 4 is 25.0 Å². The largest absolute Gasteiger partial charge is 0.130 e. The summed E-state index contributed by atoms with van der Waals surface area (Å²) in [7, 11) is -1.56. The van der Waals surface area contributed by atoms with Crippen LogP contribution in [0, 0.1) is 0 Å². The molecule has 2 aromatic rings. The average molecular weight is 313 g/mol. The molecule has 0 amide bonds. The van der Waals surface area contributed by atoms with Crippen molar-refractivity contribution < 1.29 is 0 Å². The minimum Gasteiger partial charge on any atom is -0.130 e. The van der Waals surface area contributed by atoms with E-state index in [1.807, 2.05) is 11.8 Å². The Hall–Kier alpha value is -1.25. The van der Waals surface area contributed by atoms with E-state index >= 15 is 0 Å². The Bertz CT molecular complexity index is 573. The molecule has 0 saturated carbocycles. The molecular weight excluding hydrogens is 288 g/mol. The highest BCUT2D eigenvalue weighted by molar-refractivity contribution is 8.04. The van der Waals surface area contributed by atoms with Crippen LogP contribution >= 0.6 is 11.8 Å². The van der Waals surface area contributed by atoms with Crippen LogP contribution in [0.4, 0.5) is 0 Å². The van der Waals surface area contributed by atoms with E-state index in [0.717, 1.165) is 12.2 Å². The standard InChI is InChI=1S/C19H24SSi/c1-4-11-19(20-16-17-12-7-5-8-13-17)21(2,3)18-14-9-6-10-15-18/h5-15H,4,16H2,1-3H3/b19-11+. The monoisotopic (exact) mass is 312 g/mol. The van der Waals surface area contributed by atoms with E-state index in [0.29, 0.717) is 0 Å². The Morgan fingerprint density at radius 3 is 2.10 bits per heavy atom. The third-order valence-corrected chi connectivity index (χ3v) is 9.87. The maximum absolute atomic E-state index is 2.46. The molecular formula is C19H24SSi. The lowest BCUT2D eigenvalue weighted by Crippen LogP contribution is -2.42. The second-order valence-electron chi connectivity index (χ2n) is 5.74. The molecule has 0 unspecified atom stereocenters. The van der Waals surface area contributed by atoms with Gasteiger partial charge in [-0.3, -0.25) is 0 Å². The van der Waals surface area contributed by atoms with Crippen LogP contribution in [-0.4, -0.2) is 8.07 Å². The first kappa shape index (κ1) is 16.1. The second kappa shape index (κ2) is 7.67. The highest BCUT2D eigenvalue weighted by Crippen LogP contribution is 2.30. The van der Waals surface area contributed by atoms with Crippen LogP contribution < -0.4 is 5.19 Å². The Morgan fingerprint density at radius 1 is 0.952 bits per heavy atom. The minimum absolute atomic E-state index is 1.07. The number of benzene rings is 2. The lowest BCUT2D eigenvalue weighted by Gasteiger charge is -2.26. The zero-order valence-electron chi connectivity index (χ0n) is 13.2. The number of rotatable bonds is 6. The van der Waals surface area contributed by atoms with Crippen molar-refractivity contribution in [2.45, 2.75) is 32.2 Å². The molecule has 0 aliphatic carbocycles. The zero-order valence-corrected chi connectivity index (χ0v) is 15.0. The van der Waals surface area contributed by atoms with E-state index in [9.17, 15) is 0 Å². The quantitative estimate of drug-likeness (QED) is 0.646. The predicted octanol–water partition coefficient (Wildman–Crippen LogP) is 5.37. The van der Waals surface area contributed by atoms with E-state index < -0.39 is 8.07 Å². The molecule has 0 saturated heterocycles. The Morgan fingerprint density at radius 2 is 1.52 bits per heavy atom. The van der Waals surface area contributed by atoms with E-state index in [1.165, 1.54) is 10.8 Å². The minimum atomic E-state index is -1.56. The Labute approximate surface area is 134 Å². The summed E-state index contributed by atoms with van der Waals surface area (Å²) >= 11 is 2.02. The molecule has 21 heavy (non-hydrogen) atoms. The normalized spacial score (nSPS) is 12.4. The molecule has 0 aliphatic heterocycles. The first-order valence-electron chi connectivity index (χ1n) is 7.57. The summed E-state index contributed by atoms with van der Waals surface area (Å²) in [5.74, 6) is 1.07. The number of hydrogen-bond donors (Lipinski definition) is 0. The van der Waals surface area contributed by atoms with E-state index in [4.69, 9.17) is 0 Å². The predicted molar refractivity (Wildman–Crippen MR) is 99.7 cm³/mol. The maximum Gasteiger partial charge on any atom is 0.119 e. The van der Waals surface area contributed by atoms with Crippen LogP contribution in [0.2, 0.25) is 13.1 Å². The molecule has 0 aromatic heterocycles. The summed E-state index contributed by atoms with van der Waals surface area (Å²) in [4.78, 5) is 0. The van der Waals surface area contributed by atoms with Gasteiger partial charge in [0.05, 0.1) is 0 Å². The number of hydrogen-bond acceptors (Lipinski definition) is 1. The fourth-order valence-corrected chi connectivity index (χ4v) is 7.25. The molecule has 2 aromatic carbocycles. The van der Waals surface area contributed by atoms with Gasteiger partial charge in [0.1, 0.15) is 8.07 Å². The summed E-state index contributed by atoms with van der Waals surface area (Å²) in [5, 5.41) is 1.52. The van der Waals surface area contributed by atoms with Gasteiger partial charge < -0.3 is 0 Å². The van der Waals surface area contributed by atoms with Gasteiger partial charge in [0, 0.05) is 5.75 Å². The van der Waals surface area contributed by atoms with Crippen molar-refractivity contribution in [3.8, 4) is 0 Å². The van der Waals surface area contributed by atoms with Crippen LogP contribution in [0.15, 0.2) is 71.3 Å². The Balaban J connectivity index is 2.17. The topological polar surface area (TPSA) is 0 Å². The smallest absolute Gasteiger partial charge is 0.119 e. The van der Waals surface area contributed by atoms with Gasteiger partial charge in [-0.2, -0.15) is 0 Å². The molecule has 0 N–H and O–H groups in total. The van der Waals surface area contributed by atoms with Gasteiger partial charge in [0.15, 0.2) is 0 Å². The zero-order chi connectivity index (χ0) is 15.1. The fourth-order valence-electron chi connectivity index (χ4n) is 2.41. The average Bonchev–Trinajstić information content (AvgIpc) is 2.53. The highest BCUT2D eigenvalue weighted by Gasteiger charge is 2.28. The summed E-state index contributed by atoms with van der Waals surface area (Å²) < 4.78 is 1.60. The molecule has 2 rings (SSSR count). The lowest BCUT2D eigenvalue weighted by molar-refractivity contribution is 1.22. The molecule has 0 heterocycles. The van der Waals surface area contributed by atoms with Crippen molar-refractivity contribution in [1.29, 1.82) is 0 Å². The first-order chi connectivity index (χ1) is 10.1. The molecule has 0 fully saturated rings. The van der Waals surface area contributed by atoms with Gasteiger partial charge in [-0.1, -0.05) is 91.9 Å². The van der Waals surface area contributed by atoms with E-state index in [2.05, 4.69) is 86.8 Å². The molecule has 0 bridgehead atoms. The van der Waals surface area contributed by atoms with E-state index in [-0.39, 0.29) is 0 Å². The molecule has 0 spiro atoms. The van der Waals surface area contributed by atoms with Crippen molar-refractivity contribution in [1.82, 2.24) is 0 Å². The maximum atomic E-state index is 2.46. The van der Waals surface area contributed by atoms with Crippen LogP contribution in [0.25, 0.3) is 0 Å². The van der Waals surface area contributed by atoms with E-state index in [1.54, 1.807) is 4.53 Å². The third kappa shape index (κ3) is 4.35.